The Hall–Kier alpha value is -2.04. The summed E-state index contributed by atoms with van der Waals surface area (Å²) in [6, 6.07) is 0. The predicted molar refractivity (Wildman–Crippen MR) is 44.8 cm³/mol. The van der Waals surface area contributed by atoms with Crippen LogP contribution in [0.3, 0.4) is 0 Å². The number of rotatable bonds is 3. The zero-order valence-corrected chi connectivity index (χ0v) is 6.69. The molecule has 0 aromatic carbocycles. The lowest BCUT2D eigenvalue weighted by Crippen LogP contribution is -2.15. The van der Waals surface area contributed by atoms with Crippen LogP contribution in [0, 0.1) is 0 Å². The minimum atomic E-state index is -0.551. The van der Waals surface area contributed by atoms with Crippen LogP contribution >= 0.6 is 0 Å². The number of hydrogen-bond donors (Lipinski definition) is 2. The molecule has 0 fully saturated rings. The first-order valence-electron chi connectivity index (χ1n) is 3.49. The summed E-state index contributed by atoms with van der Waals surface area (Å²) in [5.41, 5.74) is 5.33. The number of carbonyl (C=O) groups is 2. The van der Waals surface area contributed by atoms with Crippen molar-refractivity contribution < 1.29 is 14.3 Å². The van der Waals surface area contributed by atoms with Gasteiger partial charge in [-0.1, -0.05) is 6.08 Å². The van der Waals surface area contributed by atoms with E-state index < -0.39 is 5.91 Å². The number of ether oxygens (including phenoxy) is 1. The lowest BCUT2D eigenvalue weighted by atomic mass is 10.2. The number of nitrogens with two attached hydrogens (primary N) is 1. The summed E-state index contributed by atoms with van der Waals surface area (Å²) in [4.78, 5) is 20.7. The minimum absolute atomic E-state index is 0.238. The van der Waals surface area contributed by atoms with Gasteiger partial charge < -0.3 is 15.8 Å². The number of primary amides is 1. The fourth-order valence-corrected chi connectivity index (χ4v) is 0.763. The second-order valence-corrected chi connectivity index (χ2v) is 2.21. The SMILES string of the molecule is NC(=O)C1=CNC(OC=O)=CC=C1. The summed E-state index contributed by atoms with van der Waals surface area (Å²) >= 11 is 0. The zero-order valence-electron chi connectivity index (χ0n) is 6.69. The number of amides is 1. The normalized spacial score (nSPS) is 14.8. The Morgan fingerprint density at radius 1 is 1.62 bits per heavy atom. The van der Waals surface area contributed by atoms with E-state index in [0.29, 0.717) is 5.57 Å². The number of nitrogens with one attached hydrogen (secondary N) is 1. The monoisotopic (exact) mass is 180 g/mol. The maximum absolute atomic E-state index is 10.7. The molecule has 0 atom stereocenters. The van der Waals surface area contributed by atoms with Crippen LogP contribution < -0.4 is 11.1 Å². The van der Waals surface area contributed by atoms with Gasteiger partial charge >= 0.3 is 0 Å². The van der Waals surface area contributed by atoms with Gasteiger partial charge in [-0.25, -0.2) is 0 Å². The summed E-state index contributed by atoms with van der Waals surface area (Å²) in [5.74, 6) is -0.313. The number of carbonyl (C=O) groups excluding carboxylic acids is 2. The fourth-order valence-electron chi connectivity index (χ4n) is 0.763. The van der Waals surface area contributed by atoms with E-state index in [1.807, 2.05) is 0 Å². The molecule has 5 nitrogen and oxygen atoms in total. The first-order chi connectivity index (χ1) is 6.24. The molecule has 0 aromatic heterocycles. The Labute approximate surface area is 74.5 Å². The zero-order chi connectivity index (χ0) is 9.68. The summed E-state index contributed by atoms with van der Waals surface area (Å²) in [6.07, 6.45) is 5.92. The van der Waals surface area contributed by atoms with Gasteiger partial charge in [0.15, 0.2) is 0 Å². The maximum atomic E-state index is 10.7. The van der Waals surface area contributed by atoms with Gasteiger partial charge in [-0.15, -0.1) is 0 Å². The van der Waals surface area contributed by atoms with Gasteiger partial charge in [-0.05, 0) is 12.2 Å². The van der Waals surface area contributed by atoms with Crippen molar-refractivity contribution in [2.45, 2.75) is 0 Å². The average molecular weight is 180 g/mol. The summed E-state index contributed by atoms with van der Waals surface area (Å²) in [5, 5.41) is 2.60. The van der Waals surface area contributed by atoms with Crippen LogP contribution in [0.15, 0.2) is 35.9 Å². The van der Waals surface area contributed by atoms with E-state index in [9.17, 15) is 9.59 Å². The van der Waals surface area contributed by atoms with Crippen LogP contribution in [0.25, 0.3) is 0 Å². The molecule has 0 bridgehead atoms. The van der Waals surface area contributed by atoms with Gasteiger partial charge in [-0.2, -0.15) is 0 Å². The Morgan fingerprint density at radius 2 is 2.38 bits per heavy atom. The van der Waals surface area contributed by atoms with Gasteiger partial charge in [-0.3, -0.25) is 9.59 Å². The lowest BCUT2D eigenvalue weighted by Gasteiger charge is -2.01. The highest BCUT2D eigenvalue weighted by Gasteiger charge is 2.03. The molecular formula is C8H8N2O3. The van der Waals surface area contributed by atoms with Crippen molar-refractivity contribution >= 4 is 12.4 Å². The van der Waals surface area contributed by atoms with Crippen molar-refractivity contribution in [2.75, 3.05) is 0 Å². The van der Waals surface area contributed by atoms with E-state index in [1.54, 1.807) is 6.08 Å². The molecule has 68 valence electrons. The van der Waals surface area contributed by atoms with Crippen LogP contribution in [-0.4, -0.2) is 12.4 Å². The van der Waals surface area contributed by atoms with E-state index in [0.717, 1.165) is 0 Å². The lowest BCUT2D eigenvalue weighted by molar-refractivity contribution is -0.125. The molecule has 1 aliphatic heterocycles. The van der Waals surface area contributed by atoms with Gasteiger partial charge in [0.05, 0.1) is 5.57 Å². The van der Waals surface area contributed by atoms with Crippen molar-refractivity contribution in [3.63, 3.8) is 0 Å². The predicted octanol–water partition coefficient (Wildman–Crippen LogP) is -0.471. The summed E-state index contributed by atoms with van der Waals surface area (Å²) in [7, 11) is 0. The molecule has 0 saturated heterocycles. The smallest absolute Gasteiger partial charge is 0.299 e. The quantitative estimate of drug-likeness (QED) is 0.575. The van der Waals surface area contributed by atoms with Gasteiger partial charge in [0.1, 0.15) is 0 Å². The topological polar surface area (TPSA) is 81.4 Å². The third-order valence-electron chi connectivity index (χ3n) is 1.35. The first kappa shape index (κ1) is 9.05. The fraction of sp³-hybridized carbons (Fsp3) is 0. The highest BCUT2D eigenvalue weighted by molar-refractivity contribution is 5.94. The average Bonchev–Trinajstić information content (AvgIpc) is 2.30. The van der Waals surface area contributed by atoms with Crippen LogP contribution in [0.2, 0.25) is 0 Å². The first-order valence-corrected chi connectivity index (χ1v) is 3.49. The molecule has 1 aliphatic rings. The second-order valence-electron chi connectivity index (χ2n) is 2.21. The molecule has 5 heteroatoms. The molecule has 13 heavy (non-hydrogen) atoms. The third kappa shape index (κ3) is 2.48. The largest absolute Gasteiger partial charge is 0.412 e. The summed E-state index contributed by atoms with van der Waals surface area (Å²) in [6.45, 7) is 0.287. The third-order valence-corrected chi connectivity index (χ3v) is 1.35. The van der Waals surface area contributed by atoms with Crippen molar-refractivity contribution in [1.29, 1.82) is 0 Å². The van der Waals surface area contributed by atoms with E-state index in [-0.39, 0.29) is 12.4 Å². The minimum Gasteiger partial charge on any atom is -0.412 e. The molecular weight excluding hydrogens is 172 g/mol. The molecule has 0 radical (unpaired) electrons. The van der Waals surface area contributed by atoms with Crippen LogP contribution in [0.1, 0.15) is 0 Å². The highest BCUT2D eigenvalue weighted by atomic mass is 16.5. The van der Waals surface area contributed by atoms with E-state index in [4.69, 9.17) is 5.73 Å². The Bertz CT molecular complexity index is 315. The molecule has 1 amide bonds. The molecule has 0 spiro atoms. The molecule has 3 N–H and O–H groups in total. The Balaban J connectivity index is 2.74. The van der Waals surface area contributed by atoms with Crippen LogP contribution in [0.5, 0.6) is 0 Å². The van der Waals surface area contributed by atoms with Crippen LogP contribution in [0.4, 0.5) is 0 Å². The second kappa shape index (κ2) is 4.10. The van der Waals surface area contributed by atoms with Crippen molar-refractivity contribution in [1.82, 2.24) is 5.32 Å². The molecule has 0 saturated carbocycles. The number of allylic oxidation sites excluding steroid dienone is 2. The molecule has 0 aromatic rings. The summed E-state index contributed by atoms with van der Waals surface area (Å²) < 4.78 is 4.51. The van der Waals surface area contributed by atoms with Gasteiger partial charge in [0.2, 0.25) is 11.8 Å². The van der Waals surface area contributed by atoms with Crippen LogP contribution in [-0.2, 0) is 14.3 Å². The van der Waals surface area contributed by atoms with Gasteiger partial charge in [0, 0.05) is 6.20 Å². The standard InChI is InChI=1S/C8H8N2O3/c9-8(12)6-2-1-3-7(10-4-6)13-5-11/h1-5,10H,(H2,9,12). The van der Waals surface area contributed by atoms with Crippen molar-refractivity contribution in [3.8, 4) is 0 Å². The maximum Gasteiger partial charge on any atom is 0.299 e. The number of hydrogen-bond acceptors (Lipinski definition) is 4. The van der Waals surface area contributed by atoms with Crippen molar-refractivity contribution in [2.24, 2.45) is 5.73 Å². The van der Waals surface area contributed by atoms with Crippen molar-refractivity contribution in [3.05, 3.63) is 35.9 Å². The Morgan fingerprint density at radius 3 is 3.00 bits per heavy atom. The molecule has 1 rings (SSSR count). The van der Waals surface area contributed by atoms with E-state index >= 15 is 0 Å². The Kier molecular flexibility index (Phi) is 2.86. The van der Waals surface area contributed by atoms with Gasteiger partial charge in [0.25, 0.3) is 6.47 Å². The molecule has 1 heterocycles. The van der Waals surface area contributed by atoms with E-state index in [1.165, 1.54) is 18.4 Å². The molecule has 0 aliphatic carbocycles. The highest BCUT2D eigenvalue weighted by Crippen LogP contribution is 2.02. The molecule has 0 unspecified atom stereocenters. The van der Waals surface area contributed by atoms with E-state index in [2.05, 4.69) is 10.1 Å².